The van der Waals surface area contributed by atoms with Crippen molar-refractivity contribution in [2.75, 3.05) is 25.2 Å². The van der Waals surface area contributed by atoms with Crippen LogP contribution >= 0.6 is 15.9 Å². The van der Waals surface area contributed by atoms with Gasteiger partial charge in [-0.05, 0) is 44.4 Å². The van der Waals surface area contributed by atoms with Gasteiger partial charge in [-0.3, -0.25) is 4.79 Å². The molecule has 1 heterocycles. The molecule has 1 aromatic carbocycles. The topological polar surface area (TPSA) is 38.8 Å². The average Bonchev–Trinajstić information content (AvgIpc) is 2.46. The predicted octanol–water partition coefficient (Wildman–Crippen LogP) is 3.69. The van der Waals surface area contributed by atoms with E-state index in [0.717, 1.165) is 27.9 Å². The van der Waals surface area contributed by atoms with Crippen LogP contribution in [0.2, 0.25) is 0 Å². The van der Waals surface area contributed by atoms with Gasteiger partial charge in [0.1, 0.15) is 5.75 Å². The maximum absolute atomic E-state index is 12.8. The SMILES string of the molecule is CCC1(C)Oc2cc(Br)c(C)cc2N(CCCOC)C1=O. The van der Waals surface area contributed by atoms with Crippen molar-refractivity contribution >= 4 is 27.5 Å². The van der Waals surface area contributed by atoms with E-state index in [-0.39, 0.29) is 5.91 Å². The minimum Gasteiger partial charge on any atom is -0.475 e. The van der Waals surface area contributed by atoms with Crippen LogP contribution in [-0.4, -0.2) is 31.8 Å². The van der Waals surface area contributed by atoms with Crippen LogP contribution in [-0.2, 0) is 9.53 Å². The number of rotatable bonds is 5. The number of ether oxygens (including phenoxy) is 2. The zero-order chi connectivity index (χ0) is 15.6. The Kier molecular flexibility index (Phi) is 4.94. The molecule has 0 bridgehead atoms. The molecule has 0 radical (unpaired) electrons. The van der Waals surface area contributed by atoms with E-state index in [1.54, 1.807) is 7.11 Å². The number of methoxy groups -OCH3 is 1. The van der Waals surface area contributed by atoms with Crippen LogP contribution in [0.25, 0.3) is 0 Å². The summed E-state index contributed by atoms with van der Waals surface area (Å²) in [6.45, 7) is 7.11. The molecule has 0 N–H and O–H groups in total. The first-order chi connectivity index (χ1) is 9.92. The number of amides is 1. The van der Waals surface area contributed by atoms with E-state index < -0.39 is 5.60 Å². The molecule has 0 fully saturated rings. The first kappa shape index (κ1) is 16.3. The highest BCUT2D eigenvalue weighted by Gasteiger charge is 2.43. The average molecular weight is 356 g/mol. The number of fused-ring (bicyclic) bond motifs is 1. The Morgan fingerprint density at radius 3 is 2.76 bits per heavy atom. The molecule has 4 nitrogen and oxygen atoms in total. The number of hydrogen-bond acceptors (Lipinski definition) is 3. The van der Waals surface area contributed by atoms with Gasteiger partial charge in [0.25, 0.3) is 5.91 Å². The summed E-state index contributed by atoms with van der Waals surface area (Å²) < 4.78 is 12.1. The molecule has 116 valence electrons. The maximum Gasteiger partial charge on any atom is 0.270 e. The fraction of sp³-hybridized carbons (Fsp3) is 0.562. The number of carbonyl (C=O) groups is 1. The first-order valence-corrected chi connectivity index (χ1v) is 8.02. The Bertz CT molecular complexity index is 547. The molecule has 0 aromatic heterocycles. The zero-order valence-corrected chi connectivity index (χ0v) is 14.6. The van der Waals surface area contributed by atoms with E-state index in [1.165, 1.54) is 0 Å². The second-order valence-corrected chi connectivity index (χ2v) is 6.41. The molecule has 0 spiro atoms. The van der Waals surface area contributed by atoms with Crippen LogP contribution < -0.4 is 9.64 Å². The summed E-state index contributed by atoms with van der Waals surface area (Å²) >= 11 is 3.53. The third-order valence-electron chi connectivity index (χ3n) is 3.97. The third kappa shape index (κ3) is 3.09. The Hall–Kier alpha value is -1.07. The van der Waals surface area contributed by atoms with Crippen molar-refractivity contribution in [3.63, 3.8) is 0 Å². The fourth-order valence-corrected chi connectivity index (χ4v) is 2.76. The van der Waals surface area contributed by atoms with E-state index in [1.807, 2.05) is 37.8 Å². The molecule has 1 atom stereocenters. The second-order valence-electron chi connectivity index (χ2n) is 5.56. The molecule has 0 saturated carbocycles. The Labute approximate surface area is 134 Å². The van der Waals surface area contributed by atoms with Gasteiger partial charge in [-0.15, -0.1) is 0 Å². The minimum atomic E-state index is -0.797. The molecular weight excluding hydrogens is 334 g/mol. The quantitative estimate of drug-likeness (QED) is 0.756. The molecule has 1 amide bonds. The van der Waals surface area contributed by atoms with E-state index in [9.17, 15) is 4.79 Å². The van der Waals surface area contributed by atoms with Crippen LogP contribution in [0.5, 0.6) is 5.75 Å². The first-order valence-electron chi connectivity index (χ1n) is 7.23. The number of benzene rings is 1. The summed E-state index contributed by atoms with van der Waals surface area (Å²) in [5.41, 5.74) is 1.14. The summed E-state index contributed by atoms with van der Waals surface area (Å²) in [6, 6.07) is 3.95. The summed E-state index contributed by atoms with van der Waals surface area (Å²) in [6.07, 6.45) is 1.44. The van der Waals surface area contributed by atoms with Crippen LogP contribution in [0.1, 0.15) is 32.3 Å². The van der Waals surface area contributed by atoms with Crippen LogP contribution in [0, 0.1) is 6.92 Å². The largest absolute Gasteiger partial charge is 0.475 e. The molecule has 1 aliphatic heterocycles. The highest BCUT2D eigenvalue weighted by molar-refractivity contribution is 9.10. The van der Waals surface area contributed by atoms with E-state index in [0.29, 0.717) is 19.6 Å². The summed E-state index contributed by atoms with van der Waals surface area (Å²) in [4.78, 5) is 14.6. The van der Waals surface area contributed by atoms with Crippen molar-refractivity contribution < 1.29 is 14.3 Å². The summed E-state index contributed by atoms with van der Waals surface area (Å²) in [7, 11) is 1.67. The van der Waals surface area contributed by atoms with Gasteiger partial charge in [0.2, 0.25) is 0 Å². The van der Waals surface area contributed by atoms with Crippen molar-refractivity contribution in [3.05, 3.63) is 22.2 Å². The Morgan fingerprint density at radius 2 is 2.14 bits per heavy atom. The molecule has 21 heavy (non-hydrogen) atoms. The molecule has 5 heteroatoms. The second kappa shape index (κ2) is 6.36. The number of nitrogens with zero attached hydrogens (tertiary/aromatic N) is 1. The molecule has 1 aromatic rings. The number of hydrogen-bond donors (Lipinski definition) is 0. The van der Waals surface area contributed by atoms with E-state index in [2.05, 4.69) is 15.9 Å². The number of carbonyl (C=O) groups excluding carboxylic acids is 1. The Morgan fingerprint density at radius 1 is 1.43 bits per heavy atom. The maximum atomic E-state index is 12.8. The lowest BCUT2D eigenvalue weighted by atomic mass is 9.97. The predicted molar refractivity (Wildman–Crippen MR) is 87.0 cm³/mol. The molecule has 1 unspecified atom stereocenters. The highest BCUT2D eigenvalue weighted by Crippen LogP contribution is 2.41. The van der Waals surface area contributed by atoms with Crippen molar-refractivity contribution in [2.45, 2.75) is 39.2 Å². The highest BCUT2D eigenvalue weighted by atomic mass is 79.9. The number of halogens is 1. The van der Waals surface area contributed by atoms with E-state index in [4.69, 9.17) is 9.47 Å². The summed E-state index contributed by atoms with van der Waals surface area (Å²) in [5.74, 6) is 0.782. The van der Waals surface area contributed by atoms with Crippen molar-refractivity contribution in [1.82, 2.24) is 0 Å². The van der Waals surface area contributed by atoms with Crippen LogP contribution in [0.4, 0.5) is 5.69 Å². The molecule has 0 aliphatic carbocycles. The van der Waals surface area contributed by atoms with Gasteiger partial charge in [0, 0.05) is 24.7 Å². The summed E-state index contributed by atoms with van der Waals surface area (Å²) in [5, 5.41) is 0. The van der Waals surface area contributed by atoms with Gasteiger partial charge < -0.3 is 14.4 Å². The monoisotopic (exact) mass is 355 g/mol. The van der Waals surface area contributed by atoms with Gasteiger partial charge in [-0.1, -0.05) is 22.9 Å². The fourth-order valence-electron chi connectivity index (χ4n) is 2.43. The zero-order valence-electron chi connectivity index (χ0n) is 13.0. The van der Waals surface area contributed by atoms with Crippen molar-refractivity contribution in [1.29, 1.82) is 0 Å². The van der Waals surface area contributed by atoms with Gasteiger partial charge in [0.15, 0.2) is 5.60 Å². The van der Waals surface area contributed by atoms with Crippen molar-refractivity contribution in [2.24, 2.45) is 0 Å². The molecule has 2 rings (SSSR count). The lowest BCUT2D eigenvalue weighted by Crippen LogP contribution is -2.54. The normalized spacial score (nSPS) is 21.2. The van der Waals surface area contributed by atoms with Crippen LogP contribution in [0.3, 0.4) is 0 Å². The number of anilines is 1. The smallest absolute Gasteiger partial charge is 0.270 e. The van der Waals surface area contributed by atoms with Gasteiger partial charge in [0.05, 0.1) is 5.69 Å². The molecule has 0 saturated heterocycles. The van der Waals surface area contributed by atoms with Gasteiger partial charge >= 0.3 is 0 Å². The van der Waals surface area contributed by atoms with Crippen molar-refractivity contribution in [3.8, 4) is 5.75 Å². The van der Waals surface area contributed by atoms with Gasteiger partial charge in [-0.2, -0.15) is 0 Å². The Balaban J connectivity index is 2.42. The molecule has 1 aliphatic rings. The minimum absolute atomic E-state index is 0.0234. The van der Waals surface area contributed by atoms with Gasteiger partial charge in [-0.25, -0.2) is 0 Å². The third-order valence-corrected chi connectivity index (χ3v) is 4.82. The lowest BCUT2D eigenvalue weighted by molar-refractivity contribution is -0.134. The molecular formula is C16H22BrNO3. The number of aryl methyl sites for hydroxylation is 1. The van der Waals surface area contributed by atoms with Crippen LogP contribution in [0.15, 0.2) is 16.6 Å². The standard InChI is InChI=1S/C16H22BrNO3/c1-5-16(3)15(19)18(7-6-8-20-4)13-9-11(2)12(17)10-14(13)21-16/h9-10H,5-8H2,1-4H3. The van der Waals surface area contributed by atoms with E-state index >= 15 is 0 Å². The lowest BCUT2D eigenvalue weighted by Gasteiger charge is -2.40.